The summed E-state index contributed by atoms with van der Waals surface area (Å²) >= 11 is 0. The van der Waals surface area contributed by atoms with Crippen molar-refractivity contribution >= 4 is 17.2 Å². The smallest absolute Gasteiger partial charge is 0.291 e. The number of carbonyl (C=O) groups is 1. The lowest BCUT2D eigenvalue weighted by atomic mass is 9.77. The molecule has 2 bridgehead atoms. The highest BCUT2D eigenvalue weighted by Gasteiger charge is 2.61. The maximum atomic E-state index is 12.9. The number of hydrogen-bond acceptors (Lipinski definition) is 7. The number of nitriles is 1. The monoisotopic (exact) mass is 519 g/mol. The predicted octanol–water partition coefficient (Wildman–Crippen LogP) is 4.13. The molecule has 1 unspecified atom stereocenters. The summed E-state index contributed by atoms with van der Waals surface area (Å²) in [5, 5.41) is 33.1. The number of nitrogens with zero attached hydrogens (tertiary/aromatic N) is 3. The van der Waals surface area contributed by atoms with Crippen LogP contribution < -0.4 is 5.32 Å². The molecule has 2 saturated heterocycles. The van der Waals surface area contributed by atoms with Crippen molar-refractivity contribution in [3.63, 3.8) is 0 Å². The molecule has 0 radical (unpaired) electrons. The molecule has 5 rings (SSSR count). The molecular weight excluding hydrogens is 482 g/mol. The lowest BCUT2D eigenvalue weighted by molar-refractivity contribution is -0.164. The third-order valence-electron chi connectivity index (χ3n) is 8.60. The number of carbonyl (C=O) groups excluding carboxylic acids is 1. The van der Waals surface area contributed by atoms with Crippen LogP contribution in [0.2, 0.25) is 0 Å². The third kappa shape index (κ3) is 5.00. The fourth-order valence-corrected chi connectivity index (χ4v) is 6.37. The Hall–Kier alpha value is -3.06. The van der Waals surface area contributed by atoms with Crippen LogP contribution >= 0.6 is 0 Å². The minimum Gasteiger partial charge on any atom is -0.387 e. The number of H-pyrrole nitrogens is 1. The maximum absolute atomic E-state index is 12.9. The van der Waals surface area contributed by atoms with E-state index in [1.807, 2.05) is 32.0 Å². The molecule has 0 spiro atoms. The zero-order valence-corrected chi connectivity index (χ0v) is 22.5. The number of aliphatic hydroxyl groups is 2. The van der Waals surface area contributed by atoms with E-state index in [2.05, 4.69) is 35.2 Å². The molecule has 0 aromatic carbocycles. The standard InChI is InChI=1S/C29H37N5O4/c1-27(2)11-9-18(10-12-27)22-21(34-26(37)25-31-16-20(15-30)33-25)8-7-19(32-22)6-5-17-13-28(3)23(35)24(36)29(4,14-17)38-28/h7-9,16-17,23-24,35-36H,5-6,10-14H2,1-4H3,(H,31,33)(H,34,37)/t17?,23-,24+,28+,29-. The summed E-state index contributed by atoms with van der Waals surface area (Å²) < 4.78 is 6.10. The number of anilines is 1. The van der Waals surface area contributed by atoms with E-state index in [0.29, 0.717) is 18.5 Å². The molecule has 0 saturated carbocycles. The Morgan fingerprint density at radius 2 is 1.92 bits per heavy atom. The van der Waals surface area contributed by atoms with E-state index in [0.717, 1.165) is 49.1 Å². The van der Waals surface area contributed by atoms with E-state index in [-0.39, 0.29) is 22.9 Å². The number of aromatic nitrogens is 3. The number of pyridine rings is 1. The normalized spacial score (nSPS) is 31.9. The molecule has 2 aliphatic heterocycles. The van der Waals surface area contributed by atoms with Gasteiger partial charge in [-0.05, 0) is 87.8 Å². The topological polar surface area (TPSA) is 144 Å². The molecule has 2 aromatic heterocycles. The zero-order valence-electron chi connectivity index (χ0n) is 22.5. The summed E-state index contributed by atoms with van der Waals surface area (Å²) in [6, 6.07) is 5.79. The number of imidazole rings is 1. The SMILES string of the molecule is CC1(C)CC=C(c2nc(CCC3C[C@@]4(C)O[C@@](C)(C3)[C@H](O)[C@@H]4O)ccc2NC(=O)c2ncc(C#N)[nH]2)CC1. The first-order valence-electron chi connectivity index (χ1n) is 13.4. The van der Waals surface area contributed by atoms with Gasteiger partial charge in [-0.15, -0.1) is 0 Å². The van der Waals surface area contributed by atoms with Gasteiger partial charge in [0.15, 0.2) is 5.82 Å². The minimum absolute atomic E-state index is 0.0795. The molecule has 1 amide bonds. The molecule has 202 valence electrons. The highest BCUT2D eigenvalue weighted by molar-refractivity contribution is 6.03. The maximum Gasteiger partial charge on any atom is 0.291 e. The van der Waals surface area contributed by atoms with Crippen LogP contribution in [-0.2, 0) is 11.2 Å². The fraction of sp³-hybridized carbons (Fsp3) is 0.586. The van der Waals surface area contributed by atoms with Gasteiger partial charge >= 0.3 is 0 Å². The van der Waals surface area contributed by atoms with Crippen LogP contribution in [0, 0.1) is 22.7 Å². The summed E-state index contributed by atoms with van der Waals surface area (Å²) in [7, 11) is 0. The van der Waals surface area contributed by atoms with Crippen molar-refractivity contribution in [2.45, 2.75) is 96.1 Å². The molecule has 3 aliphatic rings. The number of ether oxygens (including phenoxy) is 1. The van der Waals surface area contributed by atoms with Gasteiger partial charge in [0, 0.05) is 5.69 Å². The van der Waals surface area contributed by atoms with E-state index < -0.39 is 29.3 Å². The molecule has 5 atom stereocenters. The van der Waals surface area contributed by atoms with Gasteiger partial charge in [-0.25, -0.2) is 4.98 Å². The van der Waals surface area contributed by atoms with Gasteiger partial charge in [0.2, 0.25) is 0 Å². The van der Waals surface area contributed by atoms with E-state index in [4.69, 9.17) is 15.0 Å². The largest absolute Gasteiger partial charge is 0.387 e. The average molecular weight is 520 g/mol. The van der Waals surface area contributed by atoms with Gasteiger partial charge in [0.1, 0.15) is 24.0 Å². The van der Waals surface area contributed by atoms with Crippen LogP contribution in [-0.4, -0.2) is 54.5 Å². The number of aromatic amines is 1. The third-order valence-corrected chi connectivity index (χ3v) is 8.60. The molecule has 9 heteroatoms. The summed E-state index contributed by atoms with van der Waals surface area (Å²) in [6.45, 7) is 8.29. The summed E-state index contributed by atoms with van der Waals surface area (Å²) in [5.74, 6) is -0.0515. The molecule has 2 fully saturated rings. The molecular formula is C29H37N5O4. The van der Waals surface area contributed by atoms with Crippen LogP contribution in [0.5, 0.6) is 0 Å². The van der Waals surface area contributed by atoms with Gasteiger partial charge in [-0.1, -0.05) is 19.9 Å². The second kappa shape index (κ2) is 9.60. The number of hydrogen-bond donors (Lipinski definition) is 4. The minimum atomic E-state index is -0.883. The second-order valence-corrected chi connectivity index (χ2v) is 12.4. The van der Waals surface area contributed by atoms with Crippen molar-refractivity contribution in [1.82, 2.24) is 15.0 Å². The van der Waals surface area contributed by atoms with Crippen LogP contribution in [0.1, 0.15) is 93.9 Å². The van der Waals surface area contributed by atoms with Crippen molar-refractivity contribution < 1.29 is 19.7 Å². The lowest BCUT2D eigenvalue weighted by Crippen LogP contribution is -2.44. The highest BCUT2D eigenvalue weighted by atomic mass is 16.6. The second-order valence-electron chi connectivity index (χ2n) is 12.4. The Labute approximate surface area is 223 Å². The number of amides is 1. The number of allylic oxidation sites excluding steroid dienone is 2. The van der Waals surface area contributed by atoms with Crippen molar-refractivity contribution in [3.05, 3.63) is 47.3 Å². The van der Waals surface area contributed by atoms with Gasteiger partial charge in [-0.2, -0.15) is 5.26 Å². The number of nitrogens with one attached hydrogen (secondary N) is 2. The molecule has 9 nitrogen and oxygen atoms in total. The fourth-order valence-electron chi connectivity index (χ4n) is 6.37. The first-order chi connectivity index (χ1) is 17.9. The van der Waals surface area contributed by atoms with E-state index in [1.165, 1.54) is 6.20 Å². The number of fused-ring (bicyclic) bond motifs is 2. The Bertz CT molecular complexity index is 1290. The number of aryl methyl sites for hydroxylation is 1. The van der Waals surface area contributed by atoms with Gasteiger partial charge < -0.3 is 25.3 Å². The predicted molar refractivity (Wildman–Crippen MR) is 142 cm³/mol. The van der Waals surface area contributed by atoms with Gasteiger partial charge in [0.05, 0.1) is 28.8 Å². The van der Waals surface area contributed by atoms with Crippen molar-refractivity contribution in [1.29, 1.82) is 5.26 Å². The molecule has 4 heterocycles. The number of aliphatic hydroxyl groups excluding tert-OH is 2. The highest BCUT2D eigenvalue weighted by Crippen LogP contribution is 2.51. The van der Waals surface area contributed by atoms with Crippen molar-refractivity contribution in [3.8, 4) is 6.07 Å². The van der Waals surface area contributed by atoms with Crippen molar-refractivity contribution in [2.24, 2.45) is 11.3 Å². The number of rotatable bonds is 6. The molecule has 2 aromatic rings. The Balaban J connectivity index is 1.36. The first kappa shape index (κ1) is 26.5. The molecule has 1 aliphatic carbocycles. The Kier molecular flexibility index (Phi) is 6.70. The summed E-state index contributed by atoms with van der Waals surface area (Å²) in [5.41, 5.74) is 2.44. The zero-order chi connectivity index (χ0) is 27.3. The van der Waals surface area contributed by atoms with Crippen LogP contribution in [0.3, 0.4) is 0 Å². The summed E-state index contributed by atoms with van der Waals surface area (Å²) in [4.78, 5) is 24.6. The van der Waals surface area contributed by atoms with E-state index >= 15 is 0 Å². The quantitative estimate of drug-likeness (QED) is 0.449. The van der Waals surface area contributed by atoms with E-state index in [1.54, 1.807) is 0 Å². The molecule has 38 heavy (non-hydrogen) atoms. The van der Waals surface area contributed by atoms with Crippen molar-refractivity contribution in [2.75, 3.05) is 5.32 Å². The van der Waals surface area contributed by atoms with Gasteiger partial charge in [0.25, 0.3) is 5.91 Å². The molecule has 4 N–H and O–H groups in total. The van der Waals surface area contributed by atoms with E-state index in [9.17, 15) is 15.0 Å². The van der Waals surface area contributed by atoms with Crippen LogP contribution in [0.15, 0.2) is 24.4 Å². The summed E-state index contributed by atoms with van der Waals surface area (Å²) in [6.07, 6.45) is 7.63. The average Bonchev–Trinajstić information content (AvgIpc) is 3.40. The van der Waals surface area contributed by atoms with Crippen LogP contribution in [0.25, 0.3) is 5.57 Å². The first-order valence-corrected chi connectivity index (χ1v) is 13.4. The Morgan fingerprint density at radius 1 is 1.21 bits per heavy atom. The lowest BCUT2D eigenvalue weighted by Gasteiger charge is -2.41. The van der Waals surface area contributed by atoms with Gasteiger partial charge in [-0.3, -0.25) is 9.78 Å². The Morgan fingerprint density at radius 3 is 2.53 bits per heavy atom. The van der Waals surface area contributed by atoms with Crippen LogP contribution in [0.4, 0.5) is 5.69 Å².